The van der Waals surface area contributed by atoms with Crippen molar-refractivity contribution in [1.82, 2.24) is 0 Å². The largest absolute Gasteiger partial charge is 0.396 e. The van der Waals surface area contributed by atoms with Crippen LogP contribution in [-0.4, -0.2) is 10.1 Å². The van der Waals surface area contributed by atoms with Gasteiger partial charge in [-0.15, -0.1) is 0 Å². The topological polar surface area (TPSA) is 17.1 Å². The molecular weight excluding hydrogens is 314 g/mol. The maximum absolute atomic E-state index is 8.28. The summed E-state index contributed by atoms with van der Waals surface area (Å²) in [6.07, 6.45) is 0. The minimum Gasteiger partial charge on any atom is -0.396 e. The maximum Gasteiger partial charge on any atom is 0.245 e. The minimum absolute atomic E-state index is 0. The molecule has 20 valence electrons. The molecule has 0 aliphatic heterocycles. The van der Waals surface area contributed by atoms with Crippen molar-refractivity contribution in [3.8, 4) is 0 Å². The van der Waals surface area contributed by atoms with Crippen molar-refractivity contribution < 1.29 is 56.5 Å². The molecule has 0 bridgehead atoms. The second kappa shape index (κ2) is 21.6. The van der Waals surface area contributed by atoms with Gasteiger partial charge in [-0.1, -0.05) is 0 Å². The van der Waals surface area contributed by atoms with E-state index >= 15 is 0 Å². The fourth-order valence-electron chi connectivity index (χ4n) is 0. The molecule has 0 amide bonds. The van der Waals surface area contributed by atoms with Gasteiger partial charge in [0.15, 0.2) is 0 Å². The normalized spacial score (nSPS) is 1.00. The molecule has 0 aromatic carbocycles. The zero-order chi connectivity index (χ0) is 2.00. The van der Waals surface area contributed by atoms with E-state index in [9.17, 15) is 0 Å². The zero-order valence-electron chi connectivity index (χ0n) is 2.12. The average Bonchev–Trinajstić information content (AvgIpc) is 1.00. The molecule has 0 N–H and O–H groups in total. The smallest absolute Gasteiger partial charge is 0.245 e. The molecule has 0 rings (SSSR count). The third kappa shape index (κ3) is 9.23. The van der Waals surface area contributed by atoms with Gasteiger partial charge in [0.25, 0.3) is 0 Å². The third-order valence-corrected chi connectivity index (χ3v) is 0. The predicted octanol–water partition coefficient (Wildman–Crippen LogP) is -1.04. The predicted molar refractivity (Wildman–Crippen MR) is 9.23 cm³/mol. The molecular formula is H2HfOSiZr. The van der Waals surface area contributed by atoms with Crippen molar-refractivity contribution in [2.24, 2.45) is 0 Å². The fraction of sp³-hybridized carbons (Fsp3) is 0. The second-order valence-electron chi connectivity index (χ2n) is 0. The zero-order valence-corrected chi connectivity index (χ0v) is 9.58. The van der Waals surface area contributed by atoms with Crippen LogP contribution in [0.15, 0.2) is 0 Å². The van der Waals surface area contributed by atoms with E-state index in [2.05, 4.69) is 0 Å². The second-order valence-corrected chi connectivity index (χ2v) is 0. The Bertz CT molecular complexity index is 8.00. The summed E-state index contributed by atoms with van der Waals surface area (Å²) >= 11 is 0. The van der Waals surface area contributed by atoms with E-state index in [1.165, 1.54) is 0 Å². The summed E-state index contributed by atoms with van der Waals surface area (Å²) in [4.78, 5) is 0. The summed E-state index contributed by atoms with van der Waals surface area (Å²) in [5, 5.41) is 0. The molecule has 0 saturated carbocycles. The third-order valence-electron chi connectivity index (χ3n) is 0. The molecule has 0 aliphatic carbocycles. The van der Waals surface area contributed by atoms with Crippen molar-refractivity contribution >= 4 is 10.1 Å². The molecule has 0 radical (unpaired) electrons. The first kappa shape index (κ1) is 17.1. The molecule has 0 saturated heterocycles. The van der Waals surface area contributed by atoms with Crippen molar-refractivity contribution in [2.75, 3.05) is 0 Å². The summed E-state index contributed by atoms with van der Waals surface area (Å²) in [7, 11) is 0.611. The molecule has 0 heterocycles. The monoisotopic (exact) mass is 316 g/mol. The first-order chi connectivity index (χ1) is 1.00. The Labute approximate surface area is 65.9 Å². The van der Waals surface area contributed by atoms with Gasteiger partial charge >= 0.3 is 0 Å². The maximum atomic E-state index is 8.28. The number of rotatable bonds is 0. The Morgan fingerprint density at radius 3 is 1.25 bits per heavy atom. The van der Waals surface area contributed by atoms with Crippen molar-refractivity contribution in [3.63, 3.8) is 0 Å². The summed E-state index contributed by atoms with van der Waals surface area (Å²) in [5.74, 6) is 0. The van der Waals surface area contributed by atoms with Crippen LogP contribution in [0.25, 0.3) is 0 Å². The van der Waals surface area contributed by atoms with Gasteiger partial charge in [0, 0.05) is 52.0 Å². The van der Waals surface area contributed by atoms with Crippen molar-refractivity contribution in [2.45, 2.75) is 0 Å². The van der Waals surface area contributed by atoms with Crippen LogP contribution in [0.2, 0.25) is 0 Å². The van der Waals surface area contributed by atoms with Crippen LogP contribution in [0, 0.1) is 0 Å². The van der Waals surface area contributed by atoms with Gasteiger partial charge in [0.1, 0.15) is 0 Å². The fourth-order valence-corrected chi connectivity index (χ4v) is 0. The van der Waals surface area contributed by atoms with E-state index < -0.39 is 0 Å². The van der Waals surface area contributed by atoms with E-state index in [-0.39, 0.29) is 52.0 Å². The first-order valence-electron chi connectivity index (χ1n) is 0.289. The van der Waals surface area contributed by atoms with Gasteiger partial charge < -0.3 is 4.46 Å². The quantitative estimate of drug-likeness (QED) is 0.522. The van der Waals surface area contributed by atoms with Crippen LogP contribution in [0.1, 0.15) is 0 Å². The van der Waals surface area contributed by atoms with Crippen LogP contribution in [-0.2, 0) is 56.5 Å². The van der Waals surface area contributed by atoms with Gasteiger partial charge in [-0.2, -0.15) is 0 Å². The van der Waals surface area contributed by atoms with Crippen LogP contribution in [0.4, 0.5) is 0 Å². The summed E-state index contributed by atoms with van der Waals surface area (Å²) in [5.41, 5.74) is 0. The van der Waals surface area contributed by atoms with Gasteiger partial charge in [-0.3, -0.25) is 0 Å². The molecule has 0 aromatic heterocycles. The molecule has 1 nitrogen and oxygen atoms in total. The van der Waals surface area contributed by atoms with Gasteiger partial charge in [0.05, 0.1) is 0 Å². The molecule has 4 heavy (non-hydrogen) atoms. The molecule has 0 unspecified atom stereocenters. The van der Waals surface area contributed by atoms with Gasteiger partial charge in [-0.25, -0.2) is 0 Å². The Morgan fingerprint density at radius 1 is 1.25 bits per heavy atom. The molecule has 0 aromatic rings. The Hall–Kier alpha value is 1.77. The standard InChI is InChI=1S/Hf.H2OSi.Zr/c;1-2;/h;2H2;. The number of hydrogen-bond donors (Lipinski definition) is 0. The summed E-state index contributed by atoms with van der Waals surface area (Å²) in [6, 6.07) is 0. The van der Waals surface area contributed by atoms with E-state index in [4.69, 9.17) is 4.46 Å². The van der Waals surface area contributed by atoms with E-state index in [0.717, 1.165) is 0 Å². The number of hydrogen-bond acceptors (Lipinski definition) is 1. The SMILES string of the molecule is O=[SiH2].[Hf].[Zr]. The van der Waals surface area contributed by atoms with Crippen LogP contribution in [0.3, 0.4) is 0 Å². The van der Waals surface area contributed by atoms with Gasteiger partial charge in [0.2, 0.25) is 10.1 Å². The van der Waals surface area contributed by atoms with Crippen molar-refractivity contribution in [1.29, 1.82) is 0 Å². The Balaban J connectivity index is -0.00000000500. The molecule has 0 spiro atoms. The van der Waals surface area contributed by atoms with Crippen LogP contribution in [0.5, 0.6) is 0 Å². The first-order valence-corrected chi connectivity index (χ1v) is 0.866. The van der Waals surface area contributed by atoms with E-state index in [1.54, 1.807) is 0 Å². The van der Waals surface area contributed by atoms with Crippen molar-refractivity contribution in [3.05, 3.63) is 0 Å². The molecule has 0 atom stereocenters. The van der Waals surface area contributed by atoms with Crippen LogP contribution >= 0.6 is 0 Å². The molecule has 4 heteroatoms. The van der Waals surface area contributed by atoms with Gasteiger partial charge in [-0.05, 0) is 0 Å². The average molecular weight is 316 g/mol. The van der Waals surface area contributed by atoms with E-state index in [0.29, 0.717) is 10.1 Å². The van der Waals surface area contributed by atoms with E-state index in [1.807, 2.05) is 0 Å². The summed E-state index contributed by atoms with van der Waals surface area (Å²) in [6.45, 7) is 0. The molecule has 0 aliphatic rings. The summed E-state index contributed by atoms with van der Waals surface area (Å²) < 4.78 is 8.28. The minimum atomic E-state index is 0. The molecule has 0 fully saturated rings. The Kier molecular flexibility index (Phi) is 92.6. The Morgan fingerprint density at radius 2 is 1.25 bits per heavy atom. The van der Waals surface area contributed by atoms with Crippen LogP contribution < -0.4 is 0 Å².